The lowest BCUT2D eigenvalue weighted by Gasteiger charge is -2.34. The first kappa shape index (κ1) is 21.3. The first-order chi connectivity index (χ1) is 12.5. The standard InChI is InChI=1S/C18H26N2O6S/c1-12-10-20(11-13(2)25-12)27(23,24)16-8-6-7-15(9-16)18(22)26-14(3)17(21)19(4)5/h6-9,12-14H,10-11H2,1-5H3/t12-,13-,14-/m0/s1. The second-order valence-electron chi connectivity index (χ2n) is 6.89. The summed E-state index contributed by atoms with van der Waals surface area (Å²) in [6.07, 6.45) is -1.39. The van der Waals surface area contributed by atoms with Gasteiger partial charge in [0.25, 0.3) is 5.91 Å². The molecule has 3 atom stereocenters. The number of benzene rings is 1. The second-order valence-corrected chi connectivity index (χ2v) is 8.83. The predicted octanol–water partition coefficient (Wildman–Crippen LogP) is 1.12. The van der Waals surface area contributed by atoms with Crippen LogP contribution in [0.25, 0.3) is 0 Å². The van der Waals surface area contributed by atoms with Crippen molar-refractivity contribution in [2.24, 2.45) is 0 Å². The minimum absolute atomic E-state index is 0.00448. The van der Waals surface area contributed by atoms with Crippen LogP contribution in [0.2, 0.25) is 0 Å². The highest BCUT2D eigenvalue weighted by Gasteiger charge is 2.32. The maximum absolute atomic E-state index is 12.9. The van der Waals surface area contributed by atoms with E-state index < -0.39 is 22.1 Å². The molecule has 0 bridgehead atoms. The fourth-order valence-electron chi connectivity index (χ4n) is 2.90. The van der Waals surface area contributed by atoms with Crippen molar-refractivity contribution in [3.05, 3.63) is 29.8 Å². The summed E-state index contributed by atoms with van der Waals surface area (Å²) in [5.74, 6) is -1.11. The minimum atomic E-state index is -3.77. The highest BCUT2D eigenvalue weighted by Crippen LogP contribution is 2.22. The van der Waals surface area contributed by atoms with E-state index in [9.17, 15) is 18.0 Å². The molecule has 1 aromatic carbocycles. The summed E-state index contributed by atoms with van der Waals surface area (Å²) in [7, 11) is -0.652. The number of carbonyl (C=O) groups is 2. The van der Waals surface area contributed by atoms with Gasteiger partial charge in [-0.25, -0.2) is 13.2 Å². The third kappa shape index (κ3) is 5.06. The Bertz CT molecular complexity index is 798. The Morgan fingerprint density at radius 3 is 2.37 bits per heavy atom. The Balaban J connectivity index is 2.21. The summed E-state index contributed by atoms with van der Waals surface area (Å²) >= 11 is 0. The summed E-state index contributed by atoms with van der Waals surface area (Å²) in [5, 5.41) is 0. The molecular weight excluding hydrogens is 372 g/mol. The van der Waals surface area contributed by atoms with E-state index >= 15 is 0 Å². The molecule has 8 nitrogen and oxygen atoms in total. The van der Waals surface area contributed by atoms with Gasteiger partial charge in [0.05, 0.1) is 22.7 Å². The molecule has 1 heterocycles. The van der Waals surface area contributed by atoms with Crippen LogP contribution in [-0.2, 0) is 24.3 Å². The Labute approximate surface area is 160 Å². The van der Waals surface area contributed by atoms with Crippen molar-refractivity contribution in [2.45, 2.75) is 44.0 Å². The van der Waals surface area contributed by atoms with Crippen LogP contribution in [0.4, 0.5) is 0 Å². The van der Waals surface area contributed by atoms with Crippen molar-refractivity contribution < 1.29 is 27.5 Å². The molecule has 0 N–H and O–H groups in total. The van der Waals surface area contributed by atoms with Crippen LogP contribution in [0.5, 0.6) is 0 Å². The van der Waals surface area contributed by atoms with Gasteiger partial charge in [-0.05, 0) is 39.0 Å². The first-order valence-corrected chi connectivity index (χ1v) is 10.1. The molecule has 1 saturated heterocycles. The van der Waals surface area contributed by atoms with E-state index in [4.69, 9.17) is 9.47 Å². The van der Waals surface area contributed by atoms with E-state index in [0.717, 1.165) is 0 Å². The maximum atomic E-state index is 12.9. The lowest BCUT2D eigenvalue weighted by Crippen LogP contribution is -2.48. The zero-order valence-corrected chi connectivity index (χ0v) is 17.0. The fourth-order valence-corrected chi connectivity index (χ4v) is 4.54. The van der Waals surface area contributed by atoms with E-state index in [1.807, 2.05) is 13.8 Å². The zero-order valence-electron chi connectivity index (χ0n) is 16.2. The summed E-state index contributed by atoms with van der Waals surface area (Å²) in [6.45, 7) is 5.59. The number of hydrogen-bond donors (Lipinski definition) is 0. The molecule has 0 radical (unpaired) electrons. The highest BCUT2D eigenvalue weighted by atomic mass is 32.2. The van der Waals surface area contributed by atoms with Gasteiger partial charge in [0.1, 0.15) is 0 Å². The molecule has 0 aliphatic carbocycles. The van der Waals surface area contributed by atoms with E-state index in [0.29, 0.717) is 0 Å². The van der Waals surface area contributed by atoms with Gasteiger partial charge in [-0.3, -0.25) is 4.79 Å². The Morgan fingerprint density at radius 2 is 1.81 bits per heavy atom. The number of carbonyl (C=O) groups excluding carboxylic acids is 2. The molecule has 0 unspecified atom stereocenters. The molecule has 27 heavy (non-hydrogen) atoms. The van der Waals surface area contributed by atoms with Gasteiger partial charge in [0.15, 0.2) is 6.10 Å². The van der Waals surface area contributed by atoms with Gasteiger partial charge in [0.2, 0.25) is 10.0 Å². The molecule has 1 amide bonds. The largest absolute Gasteiger partial charge is 0.449 e. The summed E-state index contributed by atoms with van der Waals surface area (Å²) in [4.78, 5) is 25.5. The Morgan fingerprint density at radius 1 is 1.22 bits per heavy atom. The van der Waals surface area contributed by atoms with Crippen LogP contribution in [0.15, 0.2) is 29.2 Å². The number of sulfonamides is 1. The van der Waals surface area contributed by atoms with Crippen LogP contribution in [0.3, 0.4) is 0 Å². The van der Waals surface area contributed by atoms with Crippen molar-refractivity contribution in [3.8, 4) is 0 Å². The van der Waals surface area contributed by atoms with Crippen LogP contribution < -0.4 is 0 Å². The van der Waals surface area contributed by atoms with Crippen LogP contribution >= 0.6 is 0 Å². The molecule has 1 fully saturated rings. The normalized spacial score (nSPS) is 22.1. The van der Waals surface area contributed by atoms with Gasteiger partial charge >= 0.3 is 5.97 Å². The molecule has 2 rings (SSSR count). The molecule has 150 valence electrons. The lowest BCUT2D eigenvalue weighted by molar-refractivity contribution is -0.137. The third-order valence-corrected chi connectivity index (χ3v) is 5.99. The SMILES string of the molecule is C[C@H](OC(=O)c1cccc(S(=O)(=O)N2C[C@H](C)O[C@@H](C)C2)c1)C(=O)N(C)C. The van der Waals surface area contributed by atoms with Crippen molar-refractivity contribution in [1.29, 1.82) is 0 Å². The molecule has 1 aliphatic heterocycles. The third-order valence-electron chi connectivity index (χ3n) is 4.17. The van der Waals surface area contributed by atoms with Crippen LogP contribution in [0, 0.1) is 0 Å². The average molecular weight is 398 g/mol. The van der Waals surface area contributed by atoms with Gasteiger partial charge in [-0.15, -0.1) is 0 Å². The average Bonchev–Trinajstić information content (AvgIpc) is 2.60. The topological polar surface area (TPSA) is 93.2 Å². The summed E-state index contributed by atoms with van der Waals surface area (Å²) in [6, 6.07) is 5.65. The summed E-state index contributed by atoms with van der Waals surface area (Å²) in [5.41, 5.74) is 0.0730. The molecule has 1 aromatic rings. The number of morpholine rings is 1. The fraction of sp³-hybridized carbons (Fsp3) is 0.556. The van der Waals surface area contributed by atoms with Crippen molar-refractivity contribution in [1.82, 2.24) is 9.21 Å². The molecular formula is C18H26N2O6S. The quantitative estimate of drug-likeness (QED) is 0.690. The number of hydrogen-bond acceptors (Lipinski definition) is 6. The highest BCUT2D eigenvalue weighted by molar-refractivity contribution is 7.89. The van der Waals surface area contributed by atoms with E-state index in [1.165, 1.54) is 40.4 Å². The summed E-state index contributed by atoms with van der Waals surface area (Å²) < 4.78 is 37.9. The Hall–Kier alpha value is -1.97. The van der Waals surface area contributed by atoms with Gasteiger partial charge in [-0.2, -0.15) is 4.31 Å². The monoisotopic (exact) mass is 398 g/mol. The van der Waals surface area contributed by atoms with Gasteiger partial charge in [0, 0.05) is 27.2 Å². The number of likely N-dealkylation sites (N-methyl/N-ethyl adjacent to an activating group) is 1. The molecule has 9 heteroatoms. The van der Waals surface area contributed by atoms with Crippen LogP contribution in [0.1, 0.15) is 31.1 Å². The van der Waals surface area contributed by atoms with Gasteiger partial charge in [-0.1, -0.05) is 6.07 Å². The number of amides is 1. The first-order valence-electron chi connectivity index (χ1n) is 8.70. The molecule has 0 saturated carbocycles. The predicted molar refractivity (Wildman–Crippen MR) is 98.8 cm³/mol. The minimum Gasteiger partial charge on any atom is -0.449 e. The number of rotatable bonds is 5. The number of nitrogens with zero attached hydrogens (tertiary/aromatic N) is 2. The molecule has 1 aliphatic rings. The van der Waals surface area contributed by atoms with Crippen molar-refractivity contribution >= 4 is 21.9 Å². The van der Waals surface area contributed by atoms with Crippen LogP contribution in [-0.4, -0.2) is 75.0 Å². The smallest absolute Gasteiger partial charge is 0.338 e. The Kier molecular flexibility index (Phi) is 6.61. The van der Waals surface area contributed by atoms with Gasteiger partial charge < -0.3 is 14.4 Å². The number of ether oxygens (including phenoxy) is 2. The van der Waals surface area contributed by atoms with Crippen molar-refractivity contribution in [2.75, 3.05) is 27.2 Å². The van der Waals surface area contributed by atoms with E-state index in [2.05, 4.69) is 0 Å². The lowest BCUT2D eigenvalue weighted by atomic mass is 10.2. The number of esters is 1. The van der Waals surface area contributed by atoms with E-state index in [1.54, 1.807) is 14.1 Å². The van der Waals surface area contributed by atoms with E-state index in [-0.39, 0.29) is 41.7 Å². The molecule has 0 aromatic heterocycles. The molecule has 0 spiro atoms. The second kappa shape index (κ2) is 8.37. The van der Waals surface area contributed by atoms with Crippen molar-refractivity contribution in [3.63, 3.8) is 0 Å². The maximum Gasteiger partial charge on any atom is 0.338 e. The zero-order chi connectivity index (χ0) is 20.4.